The molecule has 10 heteroatoms. The highest BCUT2D eigenvalue weighted by molar-refractivity contribution is 6.21. The van der Waals surface area contributed by atoms with Crippen molar-refractivity contribution < 1.29 is 28.6 Å². The van der Waals surface area contributed by atoms with Crippen molar-refractivity contribution in [2.24, 2.45) is 5.92 Å². The highest BCUT2D eigenvalue weighted by Crippen LogP contribution is 2.30. The number of ether oxygens (including phenoxy) is 3. The molecular weight excluding hydrogens is 440 g/mol. The van der Waals surface area contributed by atoms with Gasteiger partial charge in [0.15, 0.2) is 0 Å². The fourth-order valence-corrected chi connectivity index (χ4v) is 3.69. The molecule has 0 spiro atoms. The quantitative estimate of drug-likeness (QED) is 0.465. The van der Waals surface area contributed by atoms with Crippen LogP contribution in [0.2, 0.25) is 0 Å². The Balaban J connectivity index is 1.49. The molecule has 0 saturated carbocycles. The zero-order chi connectivity index (χ0) is 24.3. The first-order chi connectivity index (χ1) is 16.3. The Labute approximate surface area is 196 Å². The highest BCUT2D eigenvalue weighted by atomic mass is 16.5. The number of imide groups is 2. The van der Waals surface area contributed by atoms with Gasteiger partial charge in [0.25, 0.3) is 17.4 Å². The van der Waals surface area contributed by atoms with Crippen LogP contribution in [0.1, 0.15) is 20.3 Å². The zero-order valence-corrected chi connectivity index (χ0v) is 19.2. The van der Waals surface area contributed by atoms with Gasteiger partial charge in [-0.3, -0.25) is 24.9 Å². The zero-order valence-electron chi connectivity index (χ0n) is 19.2. The molecule has 2 N–H and O–H groups in total. The molecule has 1 fully saturated rings. The number of aromatic nitrogens is 2. The van der Waals surface area contributed by atoms with Gasteiger partial charge < -0.3 is 14.2 Å². The average Bonchev–Trinajstić information content (AvgIpc) is 3.18. The fraction of sp³-hybridized carbons (Fsp3) is 0.333. The van der Waals surface area contributed by atoms with Crippen LogP contribution in [0.25, 0.3) is 10.9 Å². The molecule has 1 aromatic heterocycles. The lowest BCUT2D eigenvalue weighted by Crippen LogP contribution is -2.69. The molecule has 0 unspecified atom stereocenters. The summed E-state index contributed by atoms with van der Waals surface area (Å²) in [6.07, 6.45) is 1.74. The van der Waals surface area contributed by atoms with Gasteiger partial charge in [-0.1, -0.05) is 13.8 Å². The van der Waals surface area contributed by atoms with Crippen molar-refractivity contribution in [3.8, 4) is 17.2 Å². The molecule has 0 aliphatic carbocycles. The van der Waals surface area contributed by atoms with E-state index in [1.807, 2.05) is 29.1 Å². The van der Waals surface area contributed by atoms with E-state index in [9.17, 15) is 14.4 Å². The summed E-state index contributed by atoms with van der Waals surface area (Å²) in [4.78, 5) is 36.5. The van der Waals surface area contributed by atoms with Crippen molar-refractivity contribution in [3.63, 3.8) is 0 Å². The number of benzene rings is 2. The maximum atomic E-state index is 12.5. The second-order valence-corrected chi connectivity index (χ2v) is 8.42. The van der Waals surface area contributed by atoms with E-state index < -0.39 is 23.4 Å². The van der Waals surface area contributed by atoms with Crippen LogP contribution in [-0.2, 0) is 20.9 Å². The van der Waals surface area contributed by atoms with E-state index in [2.05, 4.69) is 29.6 Å². The van der Waals surface area contributed by atoms with Crippen molar-refractivity contribution in [3.05, 3.63) is 48.7 Å². The molecule has 0 atom stereocenters. The number of hydrogen-bond donors (Lipinski definition) is 2. The van der Waals surface area contributed by atoms with Crippen LogP contribution in [0.15, 0.2) is 48.7 Å². The molecule has 1 saturated heterocycles. The van der Waals surface area contributed by atoms with Gasteiger partial charge in [0.05, 0.1) is 18.3 Å². The van der Waals surface area contributed by atoms with Crippen LogP contribution in [-0.4, -0.2) is 46.9 Å². The normalized spacial score (nSPS) is 15.4. The first kappa shape index (κ1) is 23.2. The lowest BCUT2D eigenvalue weighted by molar-refractivity contribution is -0.153. The minimum Gasteiger partial charge on any atom is -0.467 e. The SMILES string of the molecule is COCCC1(Oc2ccc(Oc3ccc4c(cnn4CC(C)C)c3)cc2)C(=O)NC(=O)NC1=O. The predicted octanol–water partition coefficient (Wildman–Crippen LogP) is 3.00. The van der Waals surface area contributed by atoms with Crippen LogP contribution in [0.4, 0.5) is 4.79 Å². The van der Waals surface area contributed by atoms with Gasteiger partial charge >= 0.3 is 6.03 Å². The third-order valence-corrected chi connectivity index (χ3v) is 5.35. The van der Waals surface area contributed by atoms with Crippen LogP contribution in [0.3, 0.4) is 0 Å². The number of amides is 4. The van der Waals surface area contributed by atoms with Gasteiger partial charge in [-0.2, -0.15) is 5.10 Å². The summed E-state index contributed by atoms with van der Waals surface area (Å²) in [6, 6.07) is 11.4. The number of nitrogens with one attached hydrogen (secondary N) is 2. The van der Waals surface area contributed by atoms with Crippen molar-refractivity contribution in [1.29, 1.82) is 0 Å². The number of carbonyl (C=O) groups excluding carboxylic acids is 3. The van der Waals surface area contributed by atoms with E-state index in [1.165, 1.54) is 7.11 Å². The number of nitrogens with zero attached hydrogens (tertiary/aromatic N) is 2. The number of barbiturate groups is 1. The molecule has 0 bridgehead atoms. The van der Waals surface area contributed by atoms with Crippen molar-refractivity contribution in [2.75, 3.05) is 13.7 Å². The monoisotopic (exact) mass is 466 g/mol. The van der Waals surface area contributed by atoms with Crippen molar-refractivity contribution in [2.45, 2.75) is 32.4 Å². The molecule has 2 aromatic carbocycles. The summed E-state index contributed by atoms with van der Waals surface area (Å²) in [5, 5.41) is 9.58. The van der Waals surface area contributed by atoms with E-state index in [0.29, 0.717) is 17.4 Å². The summed E-state index contributed by atoms with van der Waals surface area (Å²) in [5.74, 6) is 0.245. The number of hydrogen-bond acceptors (Lipinski definition) is 7. The molecule has 4 amide bonds. The van der Waals surface area contributed by atoms with Gasteiger partial charge in [-0.15, -0.1) is 0 Å². The second-order valence-electron chi connectivity index (χ2n) is 8.42. The summed E-state index contributed by atoms with van der Waals surface area (Å²) in [6.45, 7) is 5.20. The van der Waals surface area contributed by atoms with E-state index in [4.69, 9.17) is 14.2 Å². The molecule has 10 nitrogen and oxygen atoms in total. The lowest BCUT2D eigenvalue weighted by atomic mass is 9.95. The Morgan fingerprint density at radius 1 is 0.971 bits per heavy atom. The van der Waals surface area contributed by atoms with E-state index in [1.54, 1.807) is 24.3 Å². The van der Waals surface area contributed by atoms with E-state index in [0.717, 1.165) is 17.4 Å². The first-order valence-electron chi connectivity index (χ1n) is 10.9. The van der Waals surface area contributed by atoms with Gasteiger partial charge in [-0.05, 0) is 48.4 Å². The molecule has 2 heterocycles. The van der Waals surface area contributed by atoms with Crippen LogP contribution >= 0.6 is 0 Å². The van der Waals surface area contributed by atoms with Crippen molar-refractivity contribution in [1.82, 2.24) is 20.4 Å². The van der Waals surface area contributed by atoms with Crippen LogP contribution in [0, 0.1) is 5.92 Å². The van der Waals surface area contributed by atoms with Gasteiger partial charge in [-0.25, -0.2) is 4.79 Å². The second kappa shape index (κ2) is 9.52. The van der Waals surface area contributed by atoms with Crippen molar-refractivity contribution >= 4 is 28.7 Å². The average molecular weight is 466 g/mol. The molecule has 178 valence electrons. The Hall–Kier alpha value is -3.92. The Morgan fingerprint density at radius 3 is 2.26 bits per heavy atom. The maximum absolute atomic E-state index is 12.5. The summed E-state index contributed by atoms with van der Waals surface area (Å²) in [7, 11) is 1.44. The highest BCUT2D eigenvalue weighted by Gasteiger charge is 2.52. The maximum Gasteiger partial charge on any atom is 0.328 e. The molecular formula is C24H26N4O6. The predicted molar refractivity (Wildman–Crippen MR) is 123 cm³/mol. The molecule has 34 heavy (non-hydrogen) atoms. The Morgan fingerprint density at radius 2 is 1.62 bits per heavy atom. The standard InChI is InChI=1S/C24H26N4O6/c1-15(2)14-28-20-9-8-19(12-16(20)13-25-28)33-17-4-6-18(7-5-17)34-24(10-11-32-3)21(29)26-23(31)27-22(24)30/h4-9,12-13,15H,10-11,14H2,1-3H3,(H2,26,27,29,30,31). The van der Waals surface area contributed by atoms with Crippen LogP contribution in [0.5, 0.6) is 17.2 Å². The minimum atomic E-state index is -1.92. The fourth-order valence-electron chi connectivity index (χ4n) is 3.69. The first-order valence-corrected chi connectivity index (χ1v) is 10.9. The van der Waals surface area contributed by atoms with E-state index >= 15 is 0 Å². The number of methoxy groups -OCH3 is 1. The lowest BCUT2D eigenvalue weighted by Gasteiger charge is -2.34. The number of carbonyl (C=O) groups is 3. The molecule has 1 aliphatic rings. The molecule has 4 rings (SSSR count). The Kier molecular flexibility index (Phi) is 6.51. The number of fused-ring (bicyclic) bond motifs is 1. The third-order valence-electron chi connectivity index (χ3n) is 5.35. The largest absolute Gasteiger partial charge is 0.467 e. The molecule has 3 aromatic rings. The Bertz CT molecular complexity index is 1200. The molecule has 1 aliphatic heterocycles. The summed E-state index contributed by atoms with van der Waals surface area (Å²) >= 11 is 0. The summed E-state index contributed by atoms with van der Waals surface area (Å²) in [5.41, 5.74) is -0.887. The topological polar surface area (TPSA) is 121 Å². The minimum absolute atomic E-state index is 0.0722. The van der Waals surface area contributed by atoms with Crippen LogP contribution < -0.4 is 20.1 Å². The third kappa shape index (κ3) is 4.72. The number of rotatable bonds is 9. The van der Waals surface area contributed by atoms with E-state index in [-0.39, 0.29) is 18.8 Å². The van der Waals surface area contributed by atoms with Gasteiger partial charge in [0, 0.05) is 25.5 Å². The molecule has 0 radical (unpaired) electrons. The number of urea groups is 1. The summed E-state index contributed by atoms with van der Waals surface area (Å²) < 4.78 is 18.7. The van der Waals surface area contributed by atoms with Gasteiger partial charge in [0.1, 0.15) is 17.2 Å². The smallest absolute Gasteiger partial charge is 0.328 e. The van der Waals surface area contributed by atoms with Gasteiger partial charge in [0.2, 0.25) is 0 Å².